The number of carbonyl (C=O) groups is 2. The lowest BCUT2D eigenvalue weighted by molar-refractivity contribution is -0.139. The average Bonchev–Trinajstić information content (AvgIpc) is 2.38. The number of amides is 1. The summed E-state index contributed by atoms with van der Waals surface area (Å²) in [6, 6.07) is 0.246. The van der Waals surface area contributed by atoms with Gasteiger partial charge in [-0.25, -0.2) is 0 Å². The highest BCUT2D eigenvalue weighted by atomic mass is 16.4. The van der Waals surface area contributed by atoms with Crippen molar-refractivity contribution >= 4 is 11.9 Å². The Morgan fingerprint density at radius 1 is 1.50 bits per heavy atom. The van der Waals surface area contributed by atoms with Gasteiger partial charge in [0.25, 0.3) is 0 Å². The highest BCUT2D eigenvalue weighted by Crippen LogP contribution is 2.22. The van der Waals surface area contributed by atoms with Gasteiger partial charge in [-0.15, -0.1) is 0 Å². The predicted molar refractivity (Wildman–Crippen MR) is 69.3 cm³/mol. The molecule has 0 spiro atoms. The molecular weight excluding hydrogens is 232 g/mol. The van der Waals surface area contributed by atoms with Gasteiger partial charge >= 0.3 is 5.97 Å². The van der Waals surface area contributed by atoms with E-state index in [0.717, 1.165) is 13.0 Å². The van der Waals surface area contributed by atoms with Crippen LogP contribution in [0, 0.1) is 0 Å². The summed E-state index contributed by atoms with van der Waals surface area (Å²) in [6.45, 7) is 6.97. The zero-order valence-electron chi connectivity index (χ0n) is 11.7. The summed E-state index contributed by atoms with van der Waals surface area (Å²) in [6.07, 6.45) is 1.37. The lowest BCUT2D eigenvalue weighted by atomic mass is 10.0. The summed E-state index contributed by atoms with van der Waals surface area (Å²) < 4.78 is 0. The first-order chi connectivity index (χ1) is 8.34. The van der Waals surface area contributed by atoms with Crippen molar-refractivity contribution < 1.29 is 14.7 Å². The van der Waals surface area contributed by atoms with Crippen LogP contribution >= 0.6 is 0 Å². The summed E-state index contributed by atoms with van der Waals surface area (Å²) in [5.74, 6) is -0.791. The number of nitrogens with zero attached hydrogens (tertiary/aromatic N) is 2. The minimum Gasteiger partial charge on any atom is -0.481 e. The maximum absolute atomic E-state index is 12.3. The van der Waals surface area contributed by atoms with E-state index in [1.54, 1.807) is 11.9 Å². The summed E-state index contributed by atoms with van der Waals surface area (Å²) >= 11 is 0. The van der Waals surface area contributed by atoms with Gasteiger partial charge in [0.1, 0.15) is 0 Å². The van der Waals surface area contributed by atoms with Gasteiger partial charge in [-0.2, -0.15) is 0 Å². The molecule has 1 heterocycles. The van der Waals surface area contributed by atoms with Crippen molar-refractivity contribution in [3.63, 3.8) is 0 Å². The predicted octanol–water partition coefficient (Wildman–Crippen LogP) is 1.18. The monoisotopic (exact) mass is 256 g/mol. The highest BCUT2D eigenvalue weighted by molar-refractivity contribution is 5.82. The van der Waals surface area contributed by atoms with Gasteiger partial charge in [-0.3, -0.25) is 14.5 Å². The Kier molecular flexibility index (Phi) is 5.14. The van der Waals surface area contributed by atoms with Gasteiger partial charge in [0, 0.05) is 32.1 Å². The third kappa shape index (κ3) is 3.45. The molecular formula is C13H24N2O3. The van der Waals surface area contributed by atoms with Crippen LogP contribution in [-0.2, 0) is 9.59 Å². The molecule has 1 aliphatic heterocycles. The smallest absolute Gasteiger partial charge is 0.303 e. The van der Waals surface area contributed by atoms with E-state index in [2.05, 4.69) is 25.7 Å². The Hall–Kier alpha value is -1.10. The van der Waals surface area contributed by atoms with Crippen LogP contribution in [0.4, 0.5) is 0 Å². The molecule has 5 heteroatoms. The zero-order chi connectivity index (χ0) is 13.9. The first-order valence-electron chi connectivity index (χ1n) is 6.58. The Labute approximate surface area is 109 Å². The molecule has 0 aromatic heterocycles. The van der Waals surface area contributed by atoms with Crippen LogP contribution in [0.2, 0.25) is 0 Å². The second kappa shape index (κ2) is 6.18. The van der Waals surface area contributed by atoms with Crippen LogP contribution in [-0.4, -0.2) is 58.5 Å². The van der Waals surface area contributed by atoms with E-state index in [-0.39, 0.29) is 24.4 Å². The van der Waals surface area contributed by atoms with Crippen molar-refractivity contribution in [3.05, 3.63) is 0 Å². The van der Waals surface area contributed by atoms with E-state index in [1.807, 2.05) is 0 Å². The van der Waals surface area contributed by atoms with Gasteiger partial charge in [0.2, 0.25) is 5.91 Å². The lowest BCUT2D eigenvalue weighted by Gasteiger charge is -2.36. The molecule has 2 atom stereocenters. The third-order valence-electron chi connectivity index (χ3n) is 3.64. The van der Waals surface area contributed by atoms with Crippen LogP contribution in [0.3, 0.4) is 0 Å². The summed E-state index contributed by atoms with van der Waals surface area (Å²) in [5.41, 5.74) is 0. The standard InChI is InChI=1S/C13H24N2O3/c1-9(2)15-10(3)7-8-14(4)13(18)11(15)5-6-12(16)17/h9-11H,5-8H2,1-4H3,(H,16,17). The number of carbonyl (C=O) groups excluding carboxylic acids is 1. The minimum atomic E-state index is -0.842. The molecule has 2 unspecified atom stereocenters. The molecule has 0 radical (unpaired) electrons. The molecule has 0 aromatic rings. The molecule has 0 saturated carbocycles. The second-order valence-corrected chi connectivity index (χ2v) is 5.39. The number of hydrogen-bond donors (Lipinski definition) is 1. The van der Waals surface area contributed by atoms with Gasteiger partial charge in [0.05, 0.1) is 6.04 Å². The van der Waals surface area contributed by atoms with Crippen molar-refractivity contribution in [3.8, 4) is 0 Å². The van der Waals surface area contributed by atoms with Crippen molar-refractivity contribution in [1.82, 2.24) is 9.80 Å². The van der Waals surface area contributed by atoms with Crippen LogP contribution in [0.1, 0.15) is 40.0 Å². The minimum absolute atomic E-state index is 0.0419. The molecule has 1 N–H and O–H groups in total. The first kappa shape index (κ1) is 15.0. The van der Waals surface area contributed by atoms with Crippen molar-refractivity contribution in [2.45, 2.75) is 58.2 Å². The summed E-state index contributed by atoms with van der Waals surface area (Å²) in [4.78, 5) is 26.9. The van der Waals surface area contributed by atoms with Crippen LogP contribution in [0.25, 0.3) is 0 Å². The maximum Gasteiger partial charge on any atom is 0.303 e. The molecule has 5 nitrogen and oxygen atoms in total. The molecule has 18 heavy (non-hydrogen) atoms. The molecule has 1 rings (SSSR count). The second-order valence-electron chi connectivity index (χ2n) is 5.39. The fraction of sp³-hybridized carbons (Fsp3) is 0.846. The molecule has 1 fully saturated rings. The largest absolute Gasteiger partial charge is 0.481 e. The van der Waals surface area contributed by atoms with E-state index < -0.39 is 5.97 Å². The van der Waals surface area contributed by atoms with Crippen molar-refractivity contribution in [2.75, 3.05) is 13.6 Å². The lowest BCUT2D eigenvalue weighted by Crippen LogP contribution is -2.50. The quantitative estimate of drug-likeness (QED) is 0.820. The Bertz CT molecular complexity index is 317. The Morgan fingerprint density at radius 2 is 2.11 bits per heavy atom. The Morgan fingerprint density at radius 3 is 2.61 bits per heavy atom. The number of carboxylic acids is 1. The molecule has 0 bridgehead atoms. The highest BCUT2D eigenvalue weighted by Gasteiger charge is 2.36. The number of aliphatic carboxylic acids is 1. The van der Waals surface area contributed by atoms with Gasteiger partial charge in [-0.1, -0.05) is 0 Å². The van der Waals surface area contributed by atoms with E-state index in [4.69, 9.17) is 5.11 Å². The van der Waals surface area contributed by atoms with E-state index in [1.165, 1.54) is 0 Å². The van der Waals surface area contributed by atoms with Gasteiger partial charge in [-0.05, 0) is 33.6 Å². The van der Waals surface area contributed by atoms with Gasteiger partial charge in [0.15, 0.2) is 0 Å². The fourth-order valence-corrected chi connectivity index (χ4v) is 2.73. The molecule has 1 amide bonds. The Balaban J connectivity index is 2.91. The summed E-state index contributed by atoms with van der Waals surface area (Å²) in [7, 11) is 1.80. The zero-order valence-corrected chi connectivity index (χ0v) is 11.7. The summed E-state index contributed by atoms with van der Waals surface area (Å²) in [5, 5.41) is 8.81. The first-order valence-corrected chi connectivity index (χ1v) is 6.58. The van der Waals surface area contributed by atoms with Gasteiger partial charge < -0.3 is 10.0 Å². The number of likely N-dealkylation sites (N-methyl/N-ethyl adjacent to an activating group) is 1. The van der Waals surface area contributed by atoms with E-state index >= 15 is 0 Å². The van der Waals surface area contributed by atoms with Crippen LogP contribution in [0.15, 0.2) is 0 Å². The fourth-order valence-electron chi connectivity index (χ4n) is 2.73. The topological polar surface area (TPSA) is 60.9 Å². The van der Waals surface area contributed by atoms with Crippen molar-refractivity contribution in [1.29, 1.82) is 0 Å². The molecule has 0 aromatic carbocycles. The molecule has 104 valence electrons. The van der Waals surface area contributed by atoms with E-state index in [0.29, 0.717) is 12.5 Å². The molecule has 1 saturated heterocycles. The van der Waals surface area contributed by atoms with Crippen LogP contribution in [0.5, 0.6) is 0 Å². The number of hydrogen-bond acceptors (Lipinski definition) is 3. The third-order valence-corrected chi connectivity index (χ3v) is 3.64. The SMILES string of the molecule is CC(C)N1C(C)CCN(C)C(=O)C1CCC(=O)O. The molecule has 0 aliphatic carbocycles. The molecule has 1 aliphatic rings. The number of rotatable bonds is 4. The normalized spacial score (nSPS) is 26.5. The van der Waals surface area contributed by atoms with Crippen molar-refractivity contribution in [2.24, 2.45) is 0 Å². The average molecular weight is 256 g/mol. The number of carboxylic acid groups (broad SMARTS) is 1. The van der Waals surface area contributed by atoms with Crippen LogP contribution < -0.4 is 0 Å². The maximum atomic E-state index is 12.3. The van der Waals surface area contributed by atoms with E-state index in [9.17, 15) is 9.59 Å².